The van der Waals surface area contributed by atoms with Gasteiger partial charge in [0.05, 0.1) is 11.9 Å². The SMILES string of the molecule is CCc1cncc(N2C=NI=N2)c1. The molecule has 4 nitrogen and oxygen atoms in total. The summed E-state index contributed by atoms with van der Waals surface area (Å²) in [6, 6.07) is 2.09. The van der Waals surface area contributed by atoms with E-state index in [1.165, 1.54) is 5.56 Å². The first-order valence-electron chi connectivity index (χ1n) is 4.01. The van der Waals surface area contributed by atoms with Gasteiger partial charge >= 0.3 is 0 Å². The summed E-state index contributed by atoms with van der Waals surface area (Å²) in [6.07, 6.45) is 6.46. The van der Waals surface area contributed by atoms with E-state index in [1.807, 2.05) is 12.4 Å². The highest BCUT2D eigenvalue weighted by Crippen LogP contribution is 2.21. The molecule has 0 N–H and O–H groups in total. The molecule has 0 atom stereocenters. The van der Waals surface area contributed by atoms with Gasteiger partial charge in [-0.25, -0.2) is 5.01 Å². The molecule has 1 aliphatic rings. The standard InChI is InChI=1S/C8H9IN4/c1-2-7-3-8(5-10-4-7)13-6-11-9-12-13/h3-6H,2H2,1H3. The van der Waals surface area contributed by atoms with Crippen molar-refractivity contribution in [3.05, 3.63) is 24.0 Å². The van der Waals surface area contributed by atoms with Gasteiger partial charge in [-0.15, -0.1) is 3.25 Å². The van der Waals surface area contributed by atoms with Gasteiger partial charge in [-0.05, 0) is 18.1 Å². The summed E-state index contributed by atoms with van der Waals surface area (Å²) in [7, 11) is 0. The summed E-state index contributed by atoms with van der Waals surface area (Å²) in [5.41, 5.74) is 2.24. The van der Waals surface area contributed by atoms with Gasteiger partial charge in [0.25, 0.3) is 0 Å². The molecule has 0 aliphatic carbocycles. The molecule has 0 bridgehead atoms. The number of aromatic nitrogens is 1. The lowest BCUT2D eigenvalue weighted by Crippen LogP contribution is -2.09. The van der Waals surface area contributed by atoms with Crippen LogP contribution in [0.4, 0.5) is 5.69 Å². The first-order valence-corrected chi connectivity index (χ1v) is 5.94. The smallest absolute Gasteiger partial charge is 0.166 e. The van der Waals surface area contributed by atoms with Crippen LogP contribution in [0.1, 0.15) is 12.5 Å². The largest absolute Gasteiger partial charge is 0.262 e. The molecule has 0 fully saturated rings. The summed E-state index contributed by atoms with van der Waals surface area (Å²) in [6.45, 7) is 2.11. The van der Waals surface area contributed by atoms with Crippen LogP contribution >= 0.6 is 21.3 Å². The van der Waals surface area contributed by atoms with Gasteiger partial charge < -0.3 is 0 Å². The Balaban J connectivity index is 2.29. The second-order valence-corrected chi connectivity index (χ2v) is 4.03. The molecular formula is C8H9IN4. The van der Waals surface area contributed by atoms with E-state index < -0.39 is 0 Å². The van der Waals surface area contributed by atoms with Crippen LogP contribution in [-0.4, -0.2) is 11.3 Å². The highest BCUT2D eigenvalue weighted by Gasteiger charge is 2.05. The maximum absolute atomic E-state index is 4.26. The average molecular weight is 288 g/mol. The van der Waals surface area contributed by atoms with E-state index in [4.69, 9.17) is 0 Å². The Morgan fingerprint density at radius 1 is 1.46 bits per heavy atom. The fourth-order valence-electron chi connectivity index (χ4n) is 1.04. The molecule has 0 unspecified atom stereocenters. The zero-order chi connectivity index (χ0) is 9.10. The predicted octanol–water partition coefficient (Wildman–Crippen LogP) is 2.48. The van der Waals surface area contributed by atoms with Crippen LogP contribution in [0.15, 0.2) is 24.9 Å². The number of nitrogens with zero attached hydrogens (tertiary/aromatic N) is 4. The van der Waals surface area contributed by atoms with Crippen LogP contribution in [0, 0.1) is 0 Å². The van der Waals surface area contributed by atoms with Gasteiger partial charge in [-0.3, -0.25) is 4.98 Å². The van der Waals surface area contributed by atoms with Crippen molar-refractivity contribution in [2.75, 3.05) is 5.01 Å². The first-order chi connectivity index (χ1) is 6.40. The summed E-state index contributed by atoms with van der Waals surface area (Å²) >= 11 is -0.346. The van der Waals surface area contributed by atoms with Gasteiger partial charge in [0.2, 0.25) is 0 Å². The molecule has 1 aromatic heterocycles. The van der Waals surface area contributed by atoms with Crippen LogP contribution in [0.5, 0.6) is 0 Å². The molecule has 0 saturated carbocycles. The summed E-state index contributed by atoms with van der Waals surface area (Å²) < 4.78 is 8.38. The molecule has 13 heavy (non-hydrogen) atoms. The fraction of sp³-hybridized carbons (Fsp3) is 0.250. The van der Waals surface area contributed by atoms with Crippen molar-refractivity contribution in [3.63, 3.8) is 0 Å². The summed E-state index contributed by atoms with van der Waals surface area (Å²) in [5.74, 6) is 0. The van der Waals surface area contributed by atoms with Gasteiger partial charge in [0.1, 0.15) is 6.34 Å². The van der Waals surface area contributed by atoms with E-state index in [1.54, 1.807) is 11.3 Å². The highest BCUT2D eigenvalue weighted by molar-refractivity contribution is 14.1. The Bertz CT molecular complexity index is 349. The second-order valence-electron chi connectivity index (χ2n) is 2.61. The van der Waals surface area contributed by atoms with Crippen LogP contribution in [-0.2, 0) is 6.42 Å². The Hall–Kier alpha value is -0.850. The normalized spacial score (nSPS) is 14.7. The molecule has 0 saturated heterocycles. The topological polar surface area (TPSA) is 40.9 Å². The zero-order valence-electron chi connectivity index (χ0n) is 7.18. The molecule has 5 heteroatoms. The number of hydrogen-bond acceptors (Lipinski definition) is 4. The average Bonchev–Trinajstić information content (AvgIpc) is 2.71. The van der Waals surface area contributed by atoms with E-state index >= 15 is 0 Å². The number of aryl methyl sites for hydroxylation is 1. The van der Waals surface area contributed by atoms with Gasteiger partial charge in [0.15, 0.2) is 21.3 Å². The van der Waals surface area contributed by atoms with Crippen molar-refractivity contribution in [2.24, 2.45) is 6.46 Å². The number of hydrogen-bond donors (Lipinski definition) is 0. The predicted molar refractivity (Wildman–Crippen MR) is 61.0 cm³/mol. The van der Waals surface area contributed by atoms with Gasteiger partial charge in [-0.1, -0.05) is 6.92 Å². The van der Waals surface area contributed by atoms with E-state index in [0.29, 0.717) is 0 Å². The summed E-state index contributed by atoms with van der Waals surface area (Å²) in [4.78, 5) is 4.15. The number of pyridine rings is 1. The molecule has 1 aliphatic heterocycles. The van der Waals surface area contributed by atoms with E-state index in [0.717, 1.165) is 12.1 Å². The Morgan fingerprint density at radius 3 is 3.08 bits per heavy atom. The molecule has 68 valence electrons. The summed E-state index contributed by atoms with van der Waals surface area (Å²) in [5, 5.41) is 1.80. The minimum atomic E-state index is -0.346. The Labute approximate surface area is 87.2 Å². The monoisotopic (exact) mass is 288 g/mol. The lowest BCUT2D eigenvalue weighted by atomic mass is 10.2. The third kappa shape index (κ3) is 1.90. The van der Waals surface area contributed by atoms with Crippen molar-refractivity contribution >= 4 is 33.3 Å². The van der Waals surface area contributed by atoms with Crippen LogP contribution in [0.3, 0.4) is 0 Å². The minimum Gasteiger partial charge on any atom is -0.262 e. The Morgan fingerprint density at radius 2 is 2.38 bits per heavy atom. The molecule has 0 amide bonds. The third-order valence-corrected chi connectivity index (χ3v) is 2.92. The molecular weight excluding hydrogens is 279 g/mol. The van der Waals surface area contributed by atoms with Crippen molar-refractivity contribution < 1.29 is 0 Å². The van der Waals surface area contributed by atoms with Crippen LogP contribution in [0.25, 0.3) is 0 Å². The van der Waals surface area contributed by atoms with Gasteiger partial charge in [0, 0.05) is 6.20 Å². The molecule has 0 aromatic carbocycles. The lowest BCUT2D eigenvalue weighted by Gasteiger charge is -2.08. The van der Waals surface area contributed by atoms with Crippen molar-refractivity contribution in [1.29, 1.82) is 0 Å². The highest BCUT2D eigenvalue weighted by atomic mass is 127. The zero-order valence-corrected chi connectivity index (χ0v) is 9.34. The van der Waals surface area contributed by atoms with Crippen molar-refractivity contribution in [2.45, 2.75) is 13.3 Å². The third-order valence-electron chi connectivity index (χ3n) is 1.77. The molecule has 2 rings (SSSR count). The molecule has 0 spiro atoms. The maximum Gasteiger partial charge on any atom is 0.166 e. The van der Waals surface area contributed by atoms with Crippen LogP contribution in [0.2, 0.25) is 0 Å². The first kappa shape index (κ1) is 8.74. The number of halogens is 1. The number of anilines is 1. The fourth-order valence-corrected chi connectivity index (χ4v) is 2.07. The van der Waals surface area contributed by atoms with Crippen LogP contribution < -0.4 is 5.01 Å². The Kier molecular flexibility index (Phi) is 2.62. The molecule has 1 aromatic rings. The van der Waals surface area contributed by atoms with E-state index in [9.17, 15) is 0 Å². The van der Waals surface area contributed by atoms with Crippen molar-refractivity contribution in [3.8, 4) is 0 Å². The van der Waals surface area contributed by atoms with Crippen molar-refractivity contribution in [1.82, 2.24) is 4.98 Å². The molecule has 0 radical (unpaired) electrons. The minimum absolute atomic E-state index is 0.346. The molecule has 2 heterocycles. The van der Waals surface area contributed by atoms with Gasteiger partial charge in [-0.2, -0.15) is 3.21 Å². The van der Waals surface area contributed by atoms with E-state index in [2.05, 4.69) is 24.4 Å². The number of rotatable bonds is 2. The van der Waals surface area contributed by atoms with E-state index in [-0.39, 0.29) is 21.3 Å². The second kappa shape index (κ2) is 3.91. The quantitative estimate of drug-likeness (QED) is 0.784. The lowest BCUT2D eigenvalue weighted by molar-refractivity contribution is 1.08. The maximum atomic E-state index is 4.26.